The average molecular weight is 490 g/mol. The highest BCUT2D eigenvalue weighted by atomic mass is 35.5. The smallest absolute Gasteiger partial charge is 0.344 e. The molecule has 0 bridgehead atoms. The second-order valence-corrected chi connectivity index (χ2v) is 9.49. The van der Waals surface area contributed by atoms with Gasteiger partial charge in [0.1, 0.15) is 23.7 Å². The summed E-state index contributed by atoms with van der Waals surface area (Å²) < 4.78 is 11.6. The number of hydrogen-bond acceptors (Lipinski definition) is 5. The molecular formula is C29H28ClNO4. The van der Waals surface area contributed by atoms with Crippen molar-refractivity contribution in [3.63, 3.8) is 0 Å². The van der Waals surface area contributed by atoms with Gasteiger partial charge in [0.15, 0.2) is 0 Å². The first-order chi connectivity index (χ1) is 17.0. The highest BCUT2D eigenvalue weighted by molar-refractivity contribution is 6.30. The van der Waals surface area contributed by atoms with E-state index in [2.05, 4.69) is 4.90 Å². The molecule has 1 aromatic heterocycles. The number of phenolic OH excluding ortho intramolecular Hbond substituents is 1. The van der Waals surface area contributed by atoms with Crippen molar-refractivity contribution in [2.24, 2.45) is 0 Å². The van der Waals surface area contributed by atoms with Gasteiger partial charge < -0.3 is 14.3 Å². The average Bonchev–Trinajstić information content (AvgIpc) is 3.37. The predicted molar refractivity (Wildman–Crippen MR) is 140 cm³/mol. The standard InChI is InChI=1S/C29H28ClNO4/c1-19-26(32)13-12-24-25(27(29(33)35-28(19)24)21-6-8-22(30)9-7-21)18-20-4-10-23(11-5-20)34-17-16-31-14-2-3-15-31/h4-13,32H,2-3,14-18H2,1H3. The third kappa shape index (κ3) is 5.07. The number of fused-ring (bicyclic) bond motifs is 1. The van der Waals surface area contributed by atoms with E-state index in [4.69, 9.17) is 20.8 Å². The second-order valence-electron chi connectivity index (χ2n) is 9.05. The van der Waals surface area contributed by atoms with Crippen LogP contribution in [0.1, 0.15) is 29.5 Å². The molecule has 4 aromatic rings. The first kappa shape index (κ1) is 23.5. The fourth-order valence-electron chi connectivity index (χ4n) is 4.75. The third-order valence-corrected chi connectivity index (χ3v) is 6.97. The summed E-state index contributed by atoms with van der Waals surface area (Å²) in [6, 6.07) is 18.7. The molecule has 1 saturated heterocycles. The number of benzene rings is 3. The third-order valence-electron chi connectivity index (χ3n) is 6.72. The molecule has 0 aliphatic carbocycles. The maximum absolute atomic E-state index is 13.2. The topological polar surface area (TPSA) is 62.9 Å². The molecule has 2 heterocycles. The van der Waals surface area contributed by atoms with Crippen molar-refractivity contribution in [2.45, 2.75) is 26.2 Å². The van der Waals surface area contributed by atoms with E-state index in [9.17, 15) is 9.90 Å². The number of ether oxygens (including phenoxy) is 1. The fourth-order valence-corrected chi connectivity index (χ4v) is 4.88. The lowest BCUT2D eigenvalue weighted by atomic mass is 9.92. The minimum Gasteiger partial charge on any atom is -0.508 e. The minimum absolute atomic E-state index is 0.0984. The number of nitrogens with zero attached hydrogens (tertiary/aromatic N) is 1. The normalized spacial score (nSPS) is 14.0. The van der Waals surface area contributed by atoms with Crippen molar-refractivity contribution in [1.29, 1.82) is 0 Å². The van der Waals surface area contributed by atoms with Gasteiger partial charge in [0, 0.05) is 22.5 Å². The fraction of sp³-hybridized carbons (Fsp3) is 0.276. The molecule has 0 amide bonds. The predicted octanol–water partition coefficient (Wildman–Crippen LogP) is 6.19. The van der Waals surface area contributed by atoms with E-state index < -0.39 is 5.63 Å². The molecule has 1 N–H and O–H groups in total. The zero-order chi connectivity index (χ0) is 24.4. The molecule has 0 saturated carbocycles. The van der Waals surface area contributed by atoms with Gasteiger partial charge in [-0.25, -0.2) is 4.79 Å². The Balaban J connectivity index is 1.47. The lowest BCUT2D eigenvalue weighted by Crippen LogP contribution is -2.25. The van der Waals surface area contributed by atoms with Crippen molar-refractivity contribution in [3.05, 3.63) is 92.8 Å². The largest absolute Gasteiger partial charge is 0.508 e. The molecule has 3 aromatic carbocycles. The number of aryl methyl sites for hydroxylation is 1. The zero-order valence-corrected chi connectivity index (χ0v) is 20.5. The summed E-state index contributed by atoms with van der Waals surface area (Å²) in [5.74, 6) is 0.936. The Hall–Kier alpha value is -3.28. The van der Waals surface area contributed by atoms with Crippen LogP contribution in [0, 0.1) is 6.92 Å². The van der Waals surface area contributed by atoms with Crippen LogP contribution in [0.25, 0.3) is 22.1 Å². The number of hydrogen-bond donors (Lipinski definition) is 1. The second kappa shape index (κ2) is 10.1. The Labute approximate surface area is 209 Å². The van der Waals surface area contributed by atoms with E-state index in [1.54, 1.807) is 25.1 Å². The molecule has 1 aliphatic rings. The number of likely N-dealkylation sites (tertiary alicyclic amines) is 1. The van der Waals surface area contributed by atoms with E-state index in [1.165, 1.54) is 12.8 Å². The Morgan fingerprint density at radius 1 is 1.00 bits per heavy atom. The molecule has 0 unspecified atom stereocenters. The van der Waals surface area contributed by atoms with Crippen molar-refractivity contribution in [3.8, 4) is 22.6 Å². The van der Waals surface area contributed by atoms with Crippen LogP contribution in [-0.2, 0) is 6.42 Å². The van der Waals surface area contributed by atoms with Gasteiger partial charge >= 0.3 is 5.63 Å². The van der Waals surface area contributed by atoms with E-state index in [0.29, 0.717) is 34.8 Å². The molecule has 0 spiro atoms. The van der Waals surface area contributed by atoms with E-state index in [1.807, 2.05) is 42.5 Å². The maximum Gasteiger partial charge on any atom is 0.344 e. The monoisotopic (exact) mass is 489 g/mol. The summed E-state index contributed by atoms with van der Waals surface area (Å²) in [7, 11) is 0. The Morgan fingerprint density at radius 3 is 2.43 bits per heavy atom. The summed E-state index contributed by atoms with van der Waals surface area (Å²) in [5, 5.41) is 11.6. The molecule has 0 radical (unpaired) electrons. The molecular weight excluding hydrogens is 462 g/mol. The molecule has 35 heavy (non-hydrogen) atoms. The van der Waals surface area contributed by atoms with Gasteiger partial charge in [0.2, 0.25) is 0 Å². The van der Waals surface area contributed by atoms with Crippen LogP contribution in [-0.4, -0.2) is 36.2 Å². The van der Waals surface area contributed by atoms with Crippen LogP contribution < -0.4 is 10.4 Å². The number of rotatable bonds is 7. The Kier molecular flexibility index (Phi) is 6.80. The first-order valence-electron chi connectivity index (χ1n) is 12.0. The van der Waals surface area contributed by atoms with Gasteiger partial charge in [-0.05, 0) is 92.4 Å². The number of phenols is 1. The van der Waals surface area contributed by atoms with Crippen molar-refractivity contribution >= 4 is 22.6 Å². The van der Waals surface area contributed by atoms with Gasteiger partial charge in [-0.2, -0.15) is 0 Å². The van der Waals surface area contributed by atoms with Crippen molar-refractivity contribution in [1.82, 2.24) is 4.90 Å². The van der Waals surface area contributed by atoms with Crippen LogP contribution in [0.5, 0.6) is 11.5 Å². The summed E-state index contributed by atoms with van der Waals surface area (Å²) in [6.45, 7) is 5.70. The SMILES string of the molecule is Cc1c(O)ccc2c(Cc3ccc(OCCN4CCCC4)cc3)c(-c3ccc(Cl)cc3)c(=O)oc12. The summed E-state index contributed by atoms with van der Waals surface area (Å²) >= 11 is 6.09. The maximum atomic E-state index is 13.2. The van der Waals surface area contributed by atoms with Crippen molar-refractivity contribution in [2.75, 3.05) is 26.2 Å². The van der Waals surface area contributed by atoms with Gasteiger partial charge in [-0.1, -0.05) is 35.9 Å². The minimum atomic E-state index is -0.439. The quantitative estimate of drug-likeness (QED) is 0.313. The summed E-state index contributed by atoms with van der Waals surface area (Å²) in [4.78, 5) is 15.6. The van der Waals surface area contributed by atoms with Gasteiger partial charge in [-0.3, -0.25) is 4.90 Å². The summed E-state index contributed by atoms with van der Waals surface area (Å²) in [6.07, 6.45) is 3.08. The van der Waals surface area contributed by atoms with Crippen LogP contribution in [0.4, 0.5) is 0 Å². The highest BCUT2D eigenvalue weighted by Crippen LogP contribution is 2.34. The van der Waals surface area contributed by atoms with Crippen LogP contribution in [0.3, 0.4) is 0 Å². The zero-order valence-electron chi connectivity index (χ0n) is 19.7. The van der Waals surface area contributed by atoms with Crippen molar-refractivity contribution < 1.29 is 14.3 Å². The molecule has 6 heteroatoms. The Morgan fingerprint density at radius 2 is 1.71 bits per heavy atom. The molecule has 180 valence electrons. The highest BCUT2D eigenvalue weighted by Gasteiger charge is 2.19. The van der Waals surface area contributed by atoms with E-state index in [0.717, 1.165) is 47.5 Å². The van der Waals surface area contributed by atoms with E-state index >= 15 is 0 Å². The van der Waals surface area contributed by atoms with Crippen LogP contribution in [0.2, 0.25) is 5.02 Å². The first-order valence-corrected chi connectivity index (χ1v) is 12.4. The molecule has 0 atom stereocenters. The molecule has 5 nitrogen and oxygen atoms in total. The number of halogens is 1. The van der Waals surface area contributed by atoms with Gasteiger partial charge in [-0.15, -0.1) is 0 Å². The molecule has 1 fully saturated rings. The van der Waals surface area contributed by atoms with Gasteiger partial charge in [0.25, 0.3) is 0 Å². The lowest BCUT2D eigenvalue weighted by Gasteiger charge is -2.16. The summed E-state index contributed by atoms with van der Waals surface area (Å²) in [5.41, 5.74) is 3.66. The van der Waals surface area contributed by atoms with Crippen LogP contribution in [0.15, 0.2) is 69.9 Å². The van der Waals surface area contributed by atoms with Crippen LogP contribution >= 0.6 is 11.6 Å². The van der Waals surface area contributed by atoms with Gasteiger partial charge in [0.05, 0.1) is 5.56 Å². The lowest BCUT2D eigenvalue weighted by molar-refractivity contribution is 0.238. The molecule has 1 aliphatic heterocycles. The van der Waals surface area contributed by atoms with E-state index in [-0.39, 0.29) is 5.75 Å². The number of aromatic hydroxyl groups is 1. The Bertz CT molecular complexity index is 1390. The molecule has 5 rings (SSSR count).